The fourth-order valence-corrected chi connectivity index (χ4v) is 2.98. The van der Waals surface area contributed by atoms with Crippen molar-refractivity contribution in [3.05, 3.63) is 42.4 Å². The summed E-state index contributed by atoms with van der Waals surface area (Å²) in [6.45, 7) is 1.44. The molecule has 1 atom stereocenters. The Morgan fingerprint density at radius 2 is 2.06 bits per heavy atom. The molecule has 1 aliphatic rings. The molecule has 0 radical (unpaired) electrons. The highest BCUT2D eigenvalue weighted by molar-refractivity contribution is 5.93. The van der Waals surface area contributed by atoms with Crippen molar-refractivity contribution in [3.63, 3.8) is 0 Å². The van der Waals surface area contributed by atoms with Gasteiger partial charge < -0.3 is 15.2 Å². The molecule has 0 bridgehead atoms. The lowest BCUT2D eigenvalue weighted by Crippen LogP contribution is -2.47. The van der Waals surface area contributed by atoms with Crippen molar-refractivity contribution in [2.45, 2.75) is 38.5 Å². The first-order valence-electron chi connectivity index (χ1n) is 9.73. The monoisotopic (exact) mass is 434 g/mol. The number of aryl methyl sites for hydroxylation is 1. The molecule has 10 heteroatoms. The first-order chi connectivity index (χ1) is 14.5. The summed E-state index contributed by atoms with van der Waals surface area (Å²) in [5.41, 5.74) is -0.474. The number of ether oxygens (including phenoxy) is 1. The maximum Gasteiger partial charge on any atom is 0.420 e. The molecule has 1 saturated carbocycles. The molecular weight excluding hydrogens is 413 g/mol. The summed E-state index contributed by atoms with van der Waals surface area (Å²) in [6, 6.07) is 6.92. The van der Waals surface area contributed by atoms with Crippen LogP contribution in [0.1, 0.15) is 25.5 Å². The smallest absolute Gasteiger partial charge is 0.420 e. The fraction of sp³-hybridized carbons (Fsp3) is 0.381. The molecule has 1 fully saturated rings. The van der Waals surface area contributed by atoms with Crippen LogP contribution >= 0.6 is 0 Å². The van der Waals surface area contributed by atoms with Crippen molar-refractivity contribution in [2.75, 3.05) is 11.9 Å². The Labute approximate surface area is 175 Å². The molecule has 0 saturated heterocycles. The molecule has 7 nitrogen and oxygen atoms in total. The van der Waals surface area contributed by atoms with E-state index in [0.717, 1.165) is 12.8 Å². The van der Waals surface area contributed by atoms with E-state index in [2.05, 4.69) is 15.4 Å². The summed E-state index contributed by atoms with van der Waals surface area (Å²) >= 11 is 0. The van der Waals surface area contributed by atoms with E-state index in [4.69, 9.17) is 4.74 Å². The Bertz CT molecular complexity index is 1140. The molecule has 1 amide bonds. The van der Waals surface area contributed by atoms with Crippen LogP contribution in [0.25, 0.3) is 16.6 Å². The number of alkyl halides is 3. The molecule has 1 aliphatic carbocycles. The molecule has 31 heavy (non-hydrogen) atoms. The van der Waals surface area contributed by atoms with E-state index in [-0.39, 0.29) is 17.6 Å². The number of nitrogens with one attached hydrogen (secondary N) is 1. The SMILES string of the molecule is Cc1cc(-c2ccn3nc(NC(=O)C4CC4)cc3c2)c(OCC(C)(O)C(F)(F)F)cn1. The van der Waals surface area contributed by atoms with E-state index in [9.17, 15) is 23.1 Å². The van der Waals surface area contributed by atoms with Crippen molar-refractivity contribution >= 4 is 17.2 Å². The average molecular weight is 434 g/mol. The van der Waals surface area contributed by atoms with Gasteiger partial charge in [0.2, 0.25) is 5.91 Å². The number of anilines is 1. The van der Waals surface area contributed by atoms with Crippen LogP contribution in [0.5, 0.6) is 5.75 Å². The predicted molar refractivity (Wildman–Crippen MR) is 107 cm³/mol. The molecule has 2 N–H and O–H groups in total. The average Bonchev–Trinajstić information content (AvgIpc) is 3.46. The van der Waals surface area contributed by atoms with Crippen LogP contribution in [0.4, 0.5) is 19.0 Å². The summed E-state index contributed by atoms with van der Waals surface area (Å²) in [5.74, 6) is 0.536. The highest BCUT2D eigenvalue weighted by atomic mass is 19.4. The predicted octanol–water partition coefficient (Wildman–Crippen LogP) is 3.75. The topological polar surface area (TPSA) is 88.8 Å². The van der Waals surface area contributed by atoms with E-state index < -0.39 is 18.4 Å². The van der Waals surface area contributed by atoms with E-state index >= 15 is 0 Å². The molecule has 4 rings (SSSR count). The summed E-state index contributed by atoms with van der Waals surface area (Å²) in [7, 11) is 0. The molecule has 164 valence electrons. The third-order valence-corrected chi connectivity index (χ3v) is 5.10. The van der Waals surface area contributed by atoms with Crippen LogP contribution in [-0.2, 0) is 4.79 Å². The lowest BCUT2D eigenvalue weighted by molar-refractivity contribution is -0.260. The maximum absolute atomic E-state index is 13.0. The number of hydrogen-bond acceptors (Lipinski definition) is 5. The lowest BCUT2D eigenvalue weighted by atomic mass is 10.1. The summed E-state index contributed by atoms with van der Waals surface area (Å²) in [5, 5.41) is 16.8. The normalized spacial score (nSPS) is 16.2. The van der Waals surface area contributed by atoms with Gasteiger partial charge in [0.25, 0.3) is 0 Å². The first kappa shape index (κ1) is 21.1. The Kier molecular flexibility index (Phi) is 5.12. The quantitative estimate of drug-likeness (QED) is 0.617. The second kappa shape index (κ2) is 7.52. The zero-order valence-electron chi connectivity index (χ0n) is 16.9. The summed E-state index contributed by atoms with van der Waals surface area (Å²) < 4.78 is 45.8. The highest BCUT2D eigenvalue weighted by Crippen LogP contribution is 2.35. The van der Waals surface area contributed by atoms with Gasteiger partial charge in [-0.2, -0.15) is 18.3 Å². The van der Waals surface area contributed by atoms with Crippen molar-refractivity contribution in [2.24, 2.45) is 5.92 Å². The molecule has 3 aromatic heterocycles. The van der Waals surface area contributed by atoms with Gasteiger partial charge in [-0.25, -0.2) is 4.52 Å². The van der Waals surface area contributed by atoms with Crippen LogP contribution in [-0.4, -0.2) is 44.0 Å². The van der Waals surface area contributed by atoms with E-state index in [1.165, 1.54) is 6.20 Å². The van der Waals surface area contributed by atoms with Crippen LogP contribution in [0.3, 0.4) is 0 Å². The number of carbonyl (C=O) groups is 1. The number of amides is 1. The summed E-state index contributed by atoms with van der Waals surface area (Å²) in [4.78, 5) is 16.1. The van der Waals surface area contributed by atoms with Gasteiger partial charge >= 0.3 is 6.18 Å². The highest BCUT2D eigenvalue weighted by Gasteiger charge is 2.50. The van der Waals surface area contributed by atoms with Gasteiger partial charge in [-0.1, -0.05) is 0 Å². The number of nitrogens with zero attached hydrogens (tertiary/aromatic N) is 3. The Morgan fingerprint density at radius 3 is 2.74 bits per heavy atom. The van der Waals surface area contributed by atoms with Crippen molar-refractivity contribution in [3.8, 4) is 16.9 Å². The number of hydrogen-bond donors (Lipinski definition) is 2. The van der Waals surface area contributed by atoms with Crippen LogP contribution in [0.2, 0.25) is 0 Å². The zero-order chi connectivity index (χ0) is 22.4. The molecule has 3 heterocycles. The molecule has 3 aromatic rings. The number of rotatable bonds is 6. The van der Waals surface area contributed by atoms with Gasteiger partial charge in [-0.05, 0) is 50.5 Å². The molecule has 0 aromatic carbocycles. The van der Waals surface area contributed by atoms with Gasteiger partial charge in [-0.3, -0.25) is 9.78 Å². The van der Waals surface area contributed by atoms with Gasteiger partial charge in [0.1, 0.15) is 12.4 Å². The van der Waals surface area contributed by atoms with Crippen LogP contribution < -0.4 is 10.1 Å². The minimum atomic E-state index is -4.83. The van der Waals surface area contributed by atoms with Gasteiger partial charge in [0.05, 0.1) is 11.7 Å². The van der Waals surface area contributed by atoms with Crippen LogP contribution in [0.15, 0.2) is 36.7 Å². The molecule has 1 unspecified atom stereocenters. The summed E-state index contributed by atoms with van der Waals surface area (Å²) in [6.07, 6.45) is -0.0472. The lowest BCUT2D eigenvalue weighted by Gasteiger charge is -2.26. The van der Waals surface area contributed by atoms with Crippen molar-refractivity contribution in [1.29, 1.82) is 0 Å². The number of aromatic nitrogens is 3. The fourth-order valence-electron chi connectivity index (χ4n) is 2.98. The van der Waals surface area contributed by atoms with Gasteiger partial charge in [0, 0.05) is 29.4 Å². The Balaban J connectivity index is 1.62. The Morgan fingerprint density at radius 1 is 1.32 bits per heavy atom. The second-order valence-electron chi connectivity index (χ2n) is 7.96. The largest absolute Gasteiger partial charge is 0.488 e. The number of halogens is 3. The number of carbonyl (C=O) groups excluding carboxylic acids is 1. The van der Waals surface area contributed by atoms with Crippen LogP contribution in [0, 0.1) is 12.8 Å². The van der Waals surface area contributed by atoms with E-state index in [0.29, 0.717) is 35.1 Å². The molecule has 0 aliphatic heterocycles. The van der Waals surface area contributed by atoms with E-state index in [1.807, 2.05) is 0 Å². The van der Waals surface area contributed by atoms with Crippen molar-refractivity contribution < 1.29 is 27.8 Å². The third-order valence-electron chi connectivity index (χ3n) is 5.10. The van der Waals surface area contributed by atoms with Gasteiger partial charge in [-0.15, -0.1) is 0 Å². The maximum atomic E-state index is 13.0. The first-order valence-corrected chi connectivity index (χ1v) is 9.73. The van der Waals surface area contributed by atoms with Crippen molar-refractivity contribution in [1.82, 2.24) is 14.6 Å². The second-order valence-corrected chi connectivity index (χ2v) is 7.96. The number of fused-ring (bicyclic) bond motifs is 1. The van der Waals surface area contributed by atoms with Gasteiger partial charge in [0.15, 0.2) is 11.4 Å². The third kappa shape index (κ3) is 4.48. The number of aliphatic hydroxyl groups is 1. The Hall–Kier alpha value is -3.14. The molecule has 0 spiro atoms. The van der Waals surface area contributed by atoms with E-state index in [1.54, 1.807) is 41.9 Å². The minimum absolute atomic E-state index is 0.0498. The standard InChI is InChI=1S/C21H21F3N4O3/c1-12-7-16(17(10-25-12)31-11-20(2,30)21(22,23)24)14-5-6-28-15(8-14)9-18(27-28)26-19(29)13-3-4-13/h5-10,13,30H,3-4,11H2,1-2H3,(H,26,27,29). The zero-order valence-corrected chi connectivity index (χ0v) is 16.9. The number of pyridine rings is 2. The molecular formula is C21H21F3N4O3. The minimum Gasteiger partial charge on any atom is -0.488 e.